The van der Waals surface area contributed by atoms with E-state index in [0.29, 0.717) is 11.8 Å². The van der Waals surface area contributed by atoms with Crippen molar-refractivity contribution in [3.05, 3.63) is 48.0 Å². The van der Waals surface area contributed by atoms with Gasteiger partial charge in [-0.3, -0.25) is 0 Å². The van der Waals surface area contributed by atoms with Crippen LogP contribution in [0.1, 0.15) is 63.5 Å². The van der Waals surface area contributed by atoms with E-state index in [0.717, 1.165) is 31.7 Å². The molecular weight excluding hydrogens is 272 g/mol. The topological polar surface area (TPSA) is 27.1 Å². The predicted octanol–water partition coefficient (Wildman–Crippen LogP) is 4.99. The monoisotopic (exact) mass is 300 g/mol. The number of para-hydroxylation sites is 1. The van der Waals surface area contributed by atoms with Crippen molar-refractivity contribution in [1.29, 1.82) is 0 Å². The molecule has 0 bridgehead atoms. The van der Waals surface area contributed by atoms with Crippen LogP contribution in [-0.4, -0.2) is 16.2 Å². The quantitative estimate of drug-likeness (QED) is 0.642. The molecule has 0 saturated carbocycles. The summed E-state index contributed by atoms with van der Waals surface area (Å²) in [6.45, 7) is 10.7. The van der Waals surface area contributed by atoms with Gasteiger partial charge in [0, 0.05) is 18.9 Å². The third-order valence-electron chi connectivity index (χ3n) is 3.94. The number of aryl methyl sites for hydroxylation is 1. The molecule has 0 spiro atoms. The molecule has 3 heteroatoms. The van der Waals surface area contributed by atoms with Gasteiger partial charge >= 0.3 is 0 Å². The van der Waals surface area contributed by atoms with E-state index >= 15 is 0 Å². The van der Waals surface area contributed by atoms with Crippen LogP contribution in [0.3, 0.4) is 0 Å². The lowest BCUT2D eigenvalue weighted by atomic mass is 9.94. The SMILES string of the molecule is CC(C)c1cccc(C(C)C)c1OCCCCn1ccnc1. The second-order valence-corrected chi connectivity index (χ2v) is 6.43. The summed E-state index contributed by atoms with van der Waals surface area (Å²) in [4.78, 5) is 4.06. The molecule has 0 saturated heterocycles. The van der Waals surface area contributed by atoms with Crippen molar-refractivity contribution in [1.82, 2.24) is 9.55 Å². The van der Waals surface area contributed by atoms with Crippen molar-refractivity contribution < 1.29 is 4.74 Å². The molecule has 1 aromatic heterocycles. The molecule has 0 aliphatic heterocycles. The van der Waals surface area contributed by atoms with Crippen molar-refractivity contribution in [2.24, 2.45) is 0 Å². The van der Waals surface area contributed by atoms with Crippen molar-refractivity contribution in [3.63, 3.8) is 0 Å². The fourth-order valence-corrected chi connectivity index (χ4v) is 2.64. The van der Waals surface area contributed by atoms with Crippen molar-refractivity contribution in [2.45, 2.75) is 58.9 Å². The van der Waals surface area contributed by atoms with E-state index in [1.807, 2.05) is 18.7 Å². The van der Waals surface area contributed by atoms with Crippen molar-refractivity contribution in [3.8, 4) is 5.75 Å². The lowest BCUT2D eigenvalue weighted by molar-refractivity contribution is 0.295. The molecule has 0 aliphatic carbocycles. The summed E-state index contributed by atoms with van der Waals surface area (Å²) < 4.78 is 8.30. The first-order chi connectivity index (χ1) is 10.6. The van der Waals surface area contributed by atoms with Gasteiger partial charge in [-0.2, -0.15) is 0 Å². The summed E-state index contributed by atoms with van der Waals surface area (Å²) >= 11 is 0. The second kappa shape index (κ2) is 8.02. The van der Waals surface area contributed by atoms with Gasteiger partial charge in [0.1, 0.15) is 5.75 Å². The van der Waals surface area contributed by atoms with Gasteiger partial charge in [0.15, 0.2) is 0 Å². The van der Waals surface area contributed by atoms with E-state index in [-0.39, 0.29) is 0 Å². The molecule has 0 fully saturated rings. The minimum atomic E-state index is 0.486. The number of hydrogen-bond donors (Lipinski definition) is 0. The molecule has 120 valence electrons. The fraction of sp³-hybridized carbons (Fsp3) is 0.526. The minimum Gasteiger partial charge on any atom is -0.493 e. The van der Waals surface area contributed by atoms with E-state index in [1.165, 1.54) is 11.1 Å². The standard InChI is InChI=1S/C19H28N2O/c1-15(2)17-8-7-9-18(16(3)4)19(17)22-13-6-5-11-21-12-10-20-14-21/h7-10,12,14-16H,5-6,11,13H2,1-4H3. The van der Waals surface area contributed by atoms with Gasteiger partial charge < -0.3 is 9.30 Å². The molecule has 1 aromatic carbocycles. The number of hydrogen-bond acceptors (Lipinski definition) is 2. The van der Waals surface area contributed by atoms with Gasteiger partial charge in [-0.15, -0.1) is 0 Å². The minimum absolute atomic E-state index is 0.486. The number of aromatic nitrogens is 2. The zero-order valence-corrected chi connectivity index (χ0v) is 14.2. The largest absolute Gasteiger partial charge is 0.493 e. The van der Waals surface area contributed by atoms with Crippen LogP contribution in [0.5, 0.6) is 5.75 Å². The van der Waals surface area contributed by atoms with Gasteiger partial charge in [-0.1, -0.05) is 45.9 Å². The smallest absolute Gasteiger partial charge is 0.126 e. The maximum Gasteiger partial charge on any atom is 0.126 e. The third-order valence-corrected chi connectivity index (χ3v) is 3.94. The molecule has 0 amide bonds. The summed E-state index contributed by atoms with van der Waals surface area (Å²) in [7, 11) is 0. The molecule has 0 atom stereocenters. The molecule has 0 unspecified atom stereocenters. The van der Waals surface area contributed by atoms with Crippen LogP contribution in [0.25, 0.3) is 0 Å². The molecule has 2 aromatic rings. The molecule has 0 N–H and O–H groups in total. The Bertz CT molecular complexity index is 533. The average Bonchev–Trinajstić information content (AvgIpc) is 2.99. The Morgan fingerprint density at radius 1 is 1.05 bits per heavy atom. The Kier molecular flexibility index (Phi) is 6.05. The summed E-state index contributed by atoms with van der Waals surface area (Å²) in [5.41, 5.74) is 2.64. The van der Waals surface area contributed by atoms with Gasteiger partial charge in [-0.25, -0.2) is 4.98 Å². The summed E-state index contributed by atoms with van der Waals surface area (Å²) in [6, 6.07) is 6.53. The van der Waals surface area contributed by atoms with E-state index < -0.39 is 0 Å². The number of nitrogens with zero attached hydrogens (tertiary/aromatic N) is 2. The van der Waals surface area contributed by atoms with Crippen molar-refractivity contribution in [2.75, 3.05) is 6.61 Å². The zero-order valence-electron chi connectivity index (χ0n) is 14.2. The molecule has 3 nitrogen and oxygen atoms in total. The molecule has 2 rings (SSSR count). The highest BCUT2D eigenvalue weighted by Gasteiger charge is 2.14. The highest BCUT2D eigenvalue weighted by molar-refractivity contribution is 5.44. The van der Waals surface area contributed by atoms with Crippen LogP contribution in [0.4, 0.5) is 0 Å². The Hall–Kier alpha value is -1.77. The molecular formula is C19H28N2O. The Labute approximate surface area is 134 Å². The van der Waals surface area contributed by atoms with Gasteiger partial charge in [-0.05, 0) is 35.8 Å². The summed E-state index contributed by atoms with van der Waals surface area (Å²) in [5.74, 6) is 2.08. The fourth-order valence-electron chi connectivity index (χ4n) is 2.64. The summed E-state index contributed by atoms with van der Waals surface area (Å²) in [6.07, 6.45) is 7.86. The lowest BCUT2D eigenvalue weighted by Gasteiger charge is -2.20. The number of benzene rings is 1. The maximum absolute atomic E-state index is 6.19. The first kappa shape index (κ1) is 16.6. The van der Waals surface area contributed by atoms with Crippen LogP contribution in [0.2, 0.25) is 0 Å². The summed E-state index contributed by atoms with van der Waals surface area (Å²) in [5, 5.41) is 0. The Morgan fingerprint density at radius 3 is 2.27 bits per heavy atom. The Balaban J connectivity index is 1.93. The maximum atomic E-state index is 6.19. The van der Waals surface area contributed by atoms with Gasteiger partial charge in [0.25, 0.3) is 0 Å². The zero-order chi connectivity index (χ0) is 15.9. The van der Waals surface area contributed by atoms with Crippen molar-refractivity contribution >= 4 is 0 Å². The van der Waals surface area contributed by atoms with Gasteiger partial charge in [0.2, 0.25) is 0 Å². The van der Waals surface area contributed by atoms with Gasteiger partial charge in [0.05, 0.1) is 12.9 Å². The number of unbranched alkanes of at least 4 members (excludes halogenated alkanes) is 1. The number of ether oxygens (including phenoxy) is 1. The second-order valence-electron chi connectivity index (χ2n) is 6.43. The highest BCUT2D eigenvalue weighted by atomic mass is 16.5. The molecule has 1 heterocycles. The average molecular weight is 300 g/mol. The van der Waals surface area contributed by atoms with Crippen LogP contribution >= 0.6 is 0 Å². The predicted molar refractivity (Wildman–Crippen MR) is 91.6 cm³/mol. The molecule has 0 aliphatic rings. The van der Waals surface area contributed by atoms with Crippen LogP contribution in [0.15, 0.2) is 36.9 Å². The first-order valence-electron chi connectivity index (χ1n) is 8.31. The third kappa shape index (κ3) is 4.36. The van der Waals surface area contributed by atoms with E-state index in [1.54, 1.807) is 0 Å². The molecule has 22 heavy (non-hydrogen) atoms. The first-order valence-corrected chi connectivity index (χ1v) is 8.31. The van der Waals surface area contributed by atoms with E-state index in [4.69, 9.17) is 4.74 Å². The van der Waals surface area contributed by atoms with Crippen LogP contribution in [-0.2, 0) is 6.54 Å². The number of imidazole rings is 1. The lowest BCUT2D eigenvalue weighted by Crippen LogP contribution is -2.06. The highest BCUT2D eigenvalue weighted by Crippen LogP contribution is 2.34. The number of rotatable bonds is 8. The van der Waals surface area contributed by atoms with Crippen LogP contribution < -0.4 is 4.74 Å². The normalized spacial score (nSPS) is 11.4. The van der Waals surface area contributed by atoms with Crippen LogP contribution in [0, 0.1) is 0 Å². The van der Waals surface area contributed by atoms with E-state index in [9.17, 15) is 0 Å². The van der Waals surface area contributed by atoms with E-state index in [2.05, 4.69) is 55.4 Å². The molecule has 0 radical (unpaired) electrons. The Morgan fingerprint density at radius 2 is 1.73 bits per heavy atom.